The van der Waals surface area contributed by atoms with Crippen molar-refractivity contribution in [2.75, 3.05) is 65.4 Å². The smallest absolute Gasteiger partial charge is 0.317 e. The third kappa shape index (κ3) is 20.3. The van der Waals surface area contributed by atoms with E-state index in [0.29, 0.717) is 0 Å². The molecule has 0 saturated heterocycles. The van der Waals surface area contributed by atoms with Gasteiger partial charge in [0.15, 0.2) is 0 Å². The standard InChI is InChI=1S/C12H28N.C10H16N2O8.H2O/c1-5-9-13(10-6-2,11-7-3)12-8-4;13-7(14)3-11(4-8(15)16)1-2-12(5-9(17)18)6-10(19)20;/h5-12H2,1-4H3;1-6H2,(H,13,14)(H,15,16)(H,17,18)(H,19,20);1H2/q+1;;/p-1. The molecule has 0 amide bonds. The van der Waals surface area contributed by atoms with Crippen LogP contribution in [0.1, 0.15) is 53.4 Å². The van der Waals surface area contributed by atoms with Crippen LogP contribution in [0.3, 0.4) is 0 Å². The van der Waals surface area contributed by atoms with Crippen molar-refractivity contribution < 1.29 is 49.6 Å². The number of nitrogens with zero attached hydrogens (tertiary/aromatic N) is 3. The molecule has 0 bridgehead atoms. The number of quaternary nitrogens is 1. The predicted molar refractivity (Wildman–Crippen MR) is 126 cm³/mol. The molecule has 0 aromatic heterocycles. The number of carboxylic acid groups (broad SMARTS) is 4. The van der Waals surface area contributed by atoms with Gasteiger partial charge in [0.25, 0.3) is 0 Å². The van der Waals surface area contributed by atoms with Gasteiger partial charge in [-0.05, 0) is 25.7 Å². The maximum atomic E-state index is 10.6. The average molecular weight is 496 g/mol. The summed E-state index contributed by atoms with van der Waals surface area (Å²) in [6.45, 7) is 12.5. The second-order valence-electron chi connectivity index (χ2n) is 8.23. The van der Waals surface area contributed by atoms with Crippen LogP contribution in [-0.4, -0.2) is 130 Å². The molecule has 0 atom stereocenters. The van der Waals surface area contributed by atoms with Crippen molar-refractivity contribution in [2.24, 2.45) is 0 Å². The Morgan fingerprint density at radius 2 is 0.735 bits per heavy atom. The van der Waals surface area contributed by atoms with Gasteiger partial charge in [-0.1, -0.05) is 27.7 Å². The van der Waals surface area contributed by atoms with Crippen molar-refractivity contribution in [3.63, 3.8) is 0 Å². The lowest BCUT2D eigenvalue weighted by Gasteiger charge is -2.38. The van der Waals surface area contributed by atoms with Gasteiger partial charge in [-0.15, -0.1) is 0 Å². The second kappa shape index (κ2) is 21.3. The molecule has 0 aliphatic rings. The van der Waals surface area contributed by atoms with Gasteiger partial charge in [-0.2, -0.15) is 0 Å². The van der Waals surface area contributed by atoms with Crippen molar-refractivity contribution >= 4 is 23.9 Å². The summed E-state index contributed by atoms with van der Waals surface area (Å²) in [5.41, 5.74) is 0. The summed E-state index contributed by atoms with van der Waals surface area (Å²) >= 11 is 0. The Balaban J connectivity index is -0.000000598. The summed E-state index contributed by atoms with van der Waals surface area (Å²) in [6.07, 6.45) is 5.33. The van der Waals surface area contributed by atoms with Crippen LogP contribution in [-0.2, 0) is 19.2 Å². The van der Waals surface area contributed by atoms with Crippen LogP contribution in [0, 0.1) is 0 Å². The molecule has 12 heteroatoms. The van der Waals surface area contributed by atoms with E-state index in [1.165, 1.54) is 56.3 Å². The first kappa shape index (κ1) is 36.3. The fourth-order valence-electron chi connectivity index (χ4n) is 4.04. The molecule has 202 valence electrons. The van der Waals surface area contributed by atoms with E-state index >= 15 is 0 Å². The van der Waals surface area contributed by atoms with E-state index in [2.05, 4.69) is 27.7 Å². The number of carboxylic acids is 4. The maximum Gasteiger partial charge on any atom is 0.317 e. The molecule has 0 radical (unpaired) electrons. The topological polar surface area (TPSA) is 186 Å². The Hall–Kier alpha value is -2.28. The van der Waals surface area contributed by atoms with E-state index in [-0.39, 0.29) is 18.6 Å². The molecule has 34 heavy (non-hydrogen) atoms. The highest BCUT2D eigenvalue weighted by Crippen LogP contribution is 2.12. The predicted octanol–water partition coefficient (Wildman–Crippen LogP) is 1.20. The van der Waals surface area contributed by atoms with E-state index in [0.717, 1.165) is 9.80 Å². The molecule has 0 unspecified atom stereocenters. The molecular formula is C22H45N3O9. The van der Waals surface area contributed by atoms with Crippen LogP contribution in [0.15, 0.2) is 0 Å². The molecular weight excluding hydrogens is 450 g/mol. The van der Waals surface area contributed by atoms with Gasteiger partial charge in [0.2, 0.25) is 0 Å². The van der Waals surface area contributed by atoms with Gasteiger partial charge in [0, 0.05) is 13.1 Å². The molecule has 12 nitrogen and oxygen atoms in total. The van der Waals surface area contributed by atoms with Crippen LogP contribution in [0.4, 0.5) is 0 Å². The quantitative estimate of drug-likeness (QED) is 0.189. The zero-order chi connectivity index (χ0) is 25.9. The molecule has 0 fully saturated rings. The Morgan fingerprint density at radius 3 is 0.882 bits per heavy atom. The highest BCUT2D eigenvalue weighted by atomic mass is 16.4. The van der Waals surface area contributed by atoms with Crippen molar-refractivity contribution in [1.29, 1.82) is 0 Å². The molecule has 0 aromatic rings. The van der Waals surface area contributed by atoms with Gasteiger partial charge < -0.3 is 30.4 Å². The van der Waals surface area contributed by atoms with Crippen LogP contribution < -0.4 is 0 Å². The van der Waals surface area contributed by atoms with Crippen LogP contribution in [0.5, 0.6) is 0 Å². The largest absolute Gasteiger partial charge is 0.870 e. The molecule has 0 heterocycles. The molecule has 0 spiro atoms. The zero-order valence-electron chi connectivity index (χ0n) is 21.1. The summed E-state index contributed by atoms with van der Waals surface area (Å²) < 4.78 is 1.38. The Morgan fingerprint density at radius 1 is 0.529 bits per heavy atom. The van der Waals surface area contributed by atoms with Crippen molar-refractivity contribution in [3.8, 4) is 0 Å². The minimum Gasteiger partial charge on any atom is -0.870 e. The molecule has 0 aromatic carbocycles. The average Bonchev–Trinajstić information content (AvgIpc) is 2.65. The normalized spacial score (nSPS) is 10.9. The summed E-state index contributed by atoms with van der Waals surface area (Å²) in [5, 5.41) is 34.5. The molecule has 0 rings (SSSR count). The lowest BCUT2D eigenvalue weighted by atomic mass is 10.2. The van der Waals surface area contributed by atoms with Gasteiger partial charge in [0.05, 0.1) is 52.4 Å². The number of carbonyl (C=O) groups is 4. The van der Waals surface area contributed by atoms with Crippen LogP contribution in [0.25, 0.3) is 0 Å². The first-order chi connectivity index (χ1) is 15.4. The van der Waals surface area contributed by atoms with Crippen LogP contribution >= 0.6 is 0 Å². The summed E-state index contributed by atoms with van der Waals surface area (Å²) in [5.74, 6) is -4.91. The maximum absolute atomic E-state index is 10.6. The first-order valence-corrected chi connectivity index (χ1v) is 11.6. The number of aliphatic carboxylic acids is 4. The third-order valence-corrected chi connectivity index (χ3v) is 4.96. The van der Waals surface area contributed by atoms with Gasteiger partial charge in [0.1, 0.15) is 0 Å². The highest BCUT2D eigenvalue weighted by molar-refractivity contribution is 5.73. The molecule has 0 saturated carbocycles. The summed E-state index contributed by atoms with van der Waals surface area (Å²) in [4.78, 5) is 44.4. The van der Waals surface area contributed by atoms with Gasteiger partial charge in [-0.3, -0.25) is 29.0 Å². The molecule has 0 aliphatic carbocycles. The third-order valence-electron chi connectivity index (χ3n) is 4.96. The van der Waals surface area contributed by atoms with Crippen molar-refractivity contribution in [3.05, 3.63) is 0 Å². The highest BCUT2D eigenvalue weighted by Gasteiger charge is 2.22. The zero-order valence-corrected chi connectivity index (χ0v) is 21.1. The number of rotatable bonds is 19. The van der Waals surface area contributed by atoms with E-state index in [1.807, 2.05) is 0 Å². The Labute approximate surface area is 202 Å². The van der Waals surface area contributed by atoms with Crippen molar-refractivity contribution in [1.82, 2.24) is 9.80 Å². The fourth-order valence-corrected chi connectivity index (χ4v) is 4.04. The van der Waals surface area contributed by atoms with Crippen molar-refractivity contribution in [2.45, 2.75) is 53.4 Å². The monoisotopic (exact) mass is 495 g/mol. The van der Waals surface area contributed by atoms with Crippen LogP contribution in [0.2, 0.25) is 0 Å². The lowest BCUT2D eigenvalue weighted by Crippen LogP contribution is -2.50. The summed E-state index contributed by atoms with van der Waals surface area (Å²) in [7, 11) is 0. The van der Waals surface area contributed by atoms with E-state index in [1.54, 1.807) is 0 Å². The fraction of sp³-hybridized carbons (Fsp3) is 0.818. The van der Waals surface area contributed by atoms with Gasteiger partial charge in [-0.25, -0.2) is 0 Å². The molecule has 0 aliphatic heterocycles. The number of hydrogen-bond donors (Lipinski definition) is 4. The SMILES string of the molecule is CCC[N+](CCC)(CCC)CCC.O=C(O)CN(CCN(CC(=O)O)CC(=O)O)CC(=O)O.[OH-]. The van der Waals surface area contributed by atoms with Gasteiger partial charge >= 0.3 is 23.9 Å². The lowest BCUT2D eigenvalue weighted by molar-refractivity contribution is -0.928. The Bertz CT molecular complexity index is 490. The van der Waals surface area contributed by atoms with E-state index in [4.69, 9.17) is 20.4 Å². The first-order valence-electron chi connectivity index (χ1n) is 11.6. The van der Waals surface area contributed by atoms with E-state index in [9.17, 15) is 19.2 Å². The molecule has 5 N–H and O–H groups in total. The summed E-state index contributed by atoms with van der Waals surface area (Å²) in [6, 6.07) is 0. The minimum atomic E-state index is -1.23. The minimum absolute atomic E-state index is 0. The van der Waals surface area contributed by atoms with E-state index < -0.39 is 50.1 Å². The Kier molecular flexibility index (Phi) is 22.7. The second-order valence-corrected chi connectivity index (χ2v) is 8.23. The number of hydrogen-bond acceptors (Lipinski definition) is 7.